The molecule has 0 bridgehead atoms. The van der Waals surface area contributed by atoms with E-state index in [2.05, 4.69) is 16.8 Å². The smallest absolute Gasteiger partial charge is 0.253 e. The van der Waals surface area contributed by atoms with E-state index >= 15 is 0 Å². The van der Waals surface area contributed by atoms with E-state index in [0.717, 1.165) is 23.9 Å². The molecule has 1 amide bonds. The summed E-state index contributed by atoms with van der Waals surface area (Å²) in [6.45, 7) is 3.36. The summed E-state index contributed by atoms with van der Waals surface area (Å²) in [6.07, 6.45) is 5.42. The lowest BCUT2D eigenvalue weighted by Crippen LogP contribution is -2.26. The first kappa shape index (κ1) is 14.6. The summed E-state index contributed by atoms with van der Waals surface area (Å²) in [5, 5.41) is 12.5. The number of unbranched alkanes of at least 4 members (excludes halogenated alkanes) is 2. The molecule has 4 heteroatoms. The van der Waals surface area contributed by atoms with Gasteiger partial charge in [-0.3, -0.25) is 4.79 Å². The number of fused-ring (bicyclic) bond motifs is 1. The maximum Gasteiger partial charge on any atom is 0.253 e. The van der Waals surface area contributed by atoms with Gasteiger partial charge in [0.15, 0.2) is 0 Å². The second-order valence-electron chi connectivity index (χ2n) is 4.94. The molecule has 2 aromatic rings. The molecule has 0 aliphatic heterocycles. The lowest BCUT2D eigenvalue weighted by Gasteiger charge is -2.03. The first-order chi connectivity index (χ1) is 9.77. The summed E-state index contributed by atoms with van der Waals surface area (Å²) in [5.74, 6) is -0.121. The Bertz CT molecular complexity index is 575. The summed E-state index contributed by atoms with van der Waals surface area (Å²) >= 11 is 0. The fraction of sp³-hybridized carbons (Fsp3) is 0.438. The van der Waals surface area contributed by atoms with Gasteiger partial charge in [-0.2, -0.15) is 0 Å². The van der Waals surface area contributed by atoms with Crippen LogP contribution in [0, 0.1) is 0 Å². The van der Waals surface area contributed by atoms with Gasteiger partial charge >= 0.3 is 0 Å². The number of hydrogen-bond acceptors (Lipinski definition) is 2. The maximum absolute atomic E-state index is 12.1. The number of benzene rings is 1. The number of rotatable bonds is 7. The van der Waals surface area contributed by atoms with Crippen molar-refractivity contribution >= 4 is 16.8 Å². The van der Waals surface area contributed by atoms with E-state index in [1.165, 1.54) is 12.8 Å². The van der Waals surface area contributed by atoms with Crippen molar-refractivity contribution in [3.8, 4) is 0 Å². The third kappa shape index (κ3) is 3.20. The molecule has 2 rings (SSSR count). The molecule has 4 nitrogen and oxygen atoms in total. The average Bonchev–Trinajstić information content (AvgIpc) is 2.84. The Labute approximate surface area is 119 Å². The van der Waals surface area contributed by atoms with Crippen molar-refractivity contribution < 1.29 is 9.90 Å². The van der Waals surface area contributed by atoms with Crippen LogP contribution in [0.5, 0.6) is 0 Å². The van der Waals surface area contributed by atoms with Crippen molar-refractivity contribution in [3.05, 3.63) is 36.0 Å². The number of para-hydroxylation sites is 1. The molecular weight excluding hydrogens is 252 g/mol. The third-order valence-electron chi connectivity index (χ3n) is 3.43. The highest BCUT2D eigenvalue weighted by atomic mass is 16.3. The number of aliphatic hydroxyl groups excluding tert-OH is 1. The van der Waals surface area contributed by atoms with Gasteiger partial charge in [0.2, 0.25) is 0 Å². The van der Waals surface area contributed by atoms with Crippen molar-refractivity contribution in [1.82, 2.24) is 9.88 Å². The monoisotopic (exact) mass is 274 g/mol. The van der Waals surface area contributed by atoms with Crippen molar-refractivity contribution in [2.45, 2.75) is 32.7 Å². The molecule has 108 valence electrons. The predicted molar refractivity (Wildman–Crippen MR) is 80.9 cm³/mol. The van der Waals surface area contributed by atoms with Gasteiger partial charge in [-0.05, 0) is 12.5 Å². The van der Waals surface area contributed by atoms with E-state index in [0.29, 0.717) is 5.56 Å². The van der Waals surface area contributed by atoms with Crippen LogP contribution in [0.3, 0.4) is 0 Å². The molecule has 0 saturated heterocycles. The third-order valence-corrected chi connectivity index (χ3v) is 3.43. The molecule has 0 atom stereocenters. The van der Waals surface area contributed by atoms with Crippen LogP contribution >= 0.6 is 0 Å². The Morgan fingerprint density at radius 2 is 2.10 bits per heavy atom. The van der Waals surface area contributed by atoms with E-state index in [1.54, 1.807) is 0 Å². The number of nitrogens with zero attached hydrogens (tertiary/aromatic N) is 1. The summed E-state index contributed by atoms with van der Waals surface area (Å²) in [5.41, 5.74) is 1.78. The average molecular weight is 274 g/mol. The predicted octanol–water partition coefficient (Wildman–Crippen LogP) is 2.55. The van der Waals surface area contributed by atoms with Gasteiger partial charge < -0.3 is 15.0 Å². The lowest BCUT2D eigenvalue weighted by atomic mass is 10.1. The minimum Gasteiger partial charge on any atom is -0.395 e. The Morgan fingerprint density at radius 1 is 1.30 bits per heavy atom. The van der Waals surface area contributed by atoms with E-state index in [-0.39, 0.29) is 19.1 Å². The first-order valence-corrected chi connectivity index (χ1v) is 7.25. The summed E-state index contributed by atoms with van der Waals surface area (Å²) in [4.78, 5) is 12.1. The summed E-state index contributed by atoms with van der Waals surface area (Å²) < 4.78 is 2.15. The van der Waals surface area contributed by atoms with Crippen LogP contribution in [0.25, 0.3) is 10.9 Å². The number of aryl methyl sites for hydroxylation is 1. The van der Waals surface area contributed by atoms with E-state index in [9.17, 15) is 4.79 Å². The van der Waals surface area contributed by atoms with E-state index < -0.39 is 0 Å². The summed E-state index contributed by atoms with van der Waals surface area (Å²) in [7, 11) is 0. The number of aliphatic hydroxyl groups is 1. The van der Waals surface area contributed by atoms with Gasteiger partial charge in [0.1, 0.15) is 0 Å². The number of carbonyl (C=O) groups is 1. The fourth-order valence-corrected chi connectivity index (χ4v) is 2.41. The Balaban J connectivity index is 2.28. The second kappa shape index (κ2) is 7.10. The van der Waals surface area contributed by atoms with Crippen LogP contribution in [0.2, 0.25) is 0 Å². The zero-order valence-electron chi connectivity index (χ0n) is 11.9. The molecule has 0 unspecified atom stereocenters. The highest BCUT2D eigenvalue weighted by molar-refractivity contribution is 6.06. The highest BCUT2D eigenvalue weighted by Crippen LogP contribution is 2.22. The minimum atomic E-state index is -0.121. The van der Waals surface area contributed by atoms with Gasteiger partial charge in [0, 0.05) is 30.2 Å². The quantitative estimate of drug-likeness (QED) is 0.762. The summed E-state index contributed by atoms with van der Waals surface area (Å²) in [6, 6.07) is 7.96. The topological polar surface area (TPSA) is 54.3 Å². The minimum absolute atomic E-state index is 0.0408. The van der Waals surface area contributed by atoms with Crippen LogP contribution in [-0.2, 0) is 6.54 Å². The number of aromatic nitrogens is 1. The van der Waals surface area contributed by atoms with Gasteiger partial charge in [-0.15, -0.1) is 0 Å². The number of nitrogens with one attached hydrogen (secondary N) is 1. The molecule has 0 aliphatic rings. The molecule has 0 spiro atoms. The largest absolute Gasteiger partial charge is 0.395 e. The van der Waals surface area contributed by atoms with Gasteiger partial charge in [0.25, 0.3) is 5.91 Å². The molecule has 20 heavy (non-hydrogen) atoms. The molecule has 0 saturated carbocycles. The molecule has 1 heterocycles. The standard InChI is InChI=1S/C16H22N2O2/c1-2-3-6-10-18-12-14(16(20)17-9-11-19)13-7-4-5-8-15(13)18/h4-5,7-8,12,19H,2-3,6,9-11H2,1H3,(H,17,20). The number of hydrogen-bond donors (Lipinski definition) is 2. The second-order valence-corrected chi connectivity index (χ2v) is 4.94. The number of amides is 1. The molecule has 1 aromatic heterocycles. The highest BCUT2D eigenvalue weighted by Gasteiger charge is 2.13. The first-order valence-electron chi connectivity index (χ1n) is 7.25. The Kier molecular flexibility index (Phi) is 5.18. The van der Waals surface area contributed by atoms with Gasteiger partial charge in [-0.25, -0.2) is 0 Å². The number of carbonyl (C=O) groups excluding carboxylic acids is 1. The van der Waals surface area contributed by atoms with Crippen LogP contribution in [0.4, 0.5) is 0 Å². The van der Waals surface area contributed by atoms with Crippen LogP contribution in [0.1, 0.15) is 36.5 Å². The van der Waals surface area contributed by atoms with Crippen LogP contribution < -0.4 is 5.32 Å². The van der Waals surface area contributed by atoms with Gasteiger partial charge in [-0.1, -0.05) is 38.0 Å². The maximum atomic E-state index is 12.1. The molecule has 1 aromatic carbocycles. The van der Waals surface area contributed by atoms with Crippen molar-refractivity contribution in [2.75, 3.05) is 13.2 Å². The Hall–Kier alpha value is -1.81. The molecule has 0 aliphatic carbocycles. The van der Waals surface area contributed by atoms with E-state index in [1.807, 2.05) is 30.5 Å². The van der Waals surface area contributed by atoms with Crippen molar-refractivity contribution in [3.63, 3.8) is 0 Å². The van der Waals surface area contributed by atoms with Gasteiger partial charge in [0.05, 0.1) is 12.2 Å². The Morgan fingerprint density at radius 3 is 2.85 bits per heavy atom. The van der Waals surface area contributed by atoms with Crippen molar-refractivity contribution in [1.29, 1.82) is 0 Å². The van der Waals surface area contributed by atoms with E-state index in [4.69, 9.17) is 5.11 Å². The molecule has 0 fully saturated rings. The fourth-order valence-electron chi connectivity index (χ4n) is 2.41. The lowest BCUT2D eigenvalue weighted by molar-refractivity contribution is 0.0946. The zero-order chi connectivity index (χ0) is 14.4. The normalized spacial score (nSPS) is 10.9. The van der Waals surface area contributed by atoms with Crippen LogP contribution in [0.15, 0.2) is 30.5 Å². The molecule has 0 radical (unpaired) electrons. The molecular formula is C16H22N2O2. The SMILES string of the molecule is CCCCCn1cc(C(=O)NCCO)c2ccccc21. The molecule has 2 N–H and O–H groups in total. The van der Waals surface area contributed by atoms with Crippen molar-refractivity contribution in [2.24, 2.45) is 0 Å². The van der Waals surface area contributed by atoms with Crippen LogP contribution in [-0.4, -0.2) is 28.7 Å². The zero-order valence-corrected chi connectivity index (χ0v) is 11.9.